The Morgan fingerprint density at radius 3 is 2.26 bits per heavy atom. The Bertz CT molecular complexity index is 416. The van der Waals surface area contributed by atoms with Crippen LogP contribution in [0.5, 0.6) is 11.5 Å². The first-order chi connectivity index (χ1) is 8.93. The van der Waals surface area contributed by atoms with Crippen molar-refractivity contribution >= 4 is 0 Å². The predicted molar refractivity (Wildman–Crippen MR) is 76.9 cm³/mol. The molecule has 0 aliphatic heterocycles. The quantitative estimate of drug-likeness (QED) is 0.794. The van der Waals surface area contributed by atoms with E-state index in [9.17, 15) is 5.11 Å². The summed E-state index contributed by atoms with van der Waals surface area (Å²) in [6.45, 7) is 7.79. The topological polar surface area (TPSA) is 50.7 Å². The summed E-state index contributed by atoms with van der Waals surface area (Å²) in [5, 5.41) is 12.6. The summed E-state index contributed by atoms with van der Waals surface area (Å²) in [4.78, 5) is 0. The number of nitrogens with one attached hydrogen (secondary N) is 1. The Morgan fingerprint density at radius 1 is 1.16 bits per heavy atom. The van der Waals surface area contributed by atoms with Crippen LogP contribution in [-0.2, 0) is 6.54 Å². The molecule has 0 heterocycles. The van der Waals surface area contributed by atoms with E-state index in [1.807, 2.05) is 26.0 Å². The zero-order valence-electron chi connectivity index (χ0n) is 12.5. The molecule has 0 atom stereocenters. The minimum absolute atomic E-state index is 0.107. The van der Waals surface area contributed by atoms with Crippen molar-refractivity contribution in [1.29, 1.82) is 0 Å². The van der Waals surface area contributed by atoms with Crippen LogP contribution in [0.15, 0.2) is 12.1 Å². The zero-order chi connectivity index (χ0) is 14.5. The van der Waals surface area contributed by atoms with Gasteiger partial charge in [-0.1, -0.05) is 13.8 Å². The molecule has 0 bridgehead atoms. The van der Waals surface area contributed by atoms with Crippen LogP contribution in [0.2, 0.25) is 0 Å². The molecule has 4 nitrogen and oxygen atoms in total. The largest absolute Gasteiger partial charge is 0.493 e. The molecule has 0 spiro atoms. The van der Waals surface area contributed by atoms with Gasteiger partial charge >= 0.3 is 0 Å². The van der Waals surface area contributed by atoms with Gasteiger partial charge in [0.05, 0.1) is 14.2 Å². The number of hydrogen-bond donors (Lipinski definition) is 2. The van der Waals surface area contributed by atoms with Gasteiger partial charge in [-0.05, 0) is 30.2 Å². The van der Waals surface area contributed by atoms with Crippen molar-refractivity contribution in [2.45, 2.75) is 27.3 Å². The predicted octanol–water partition coefficient (Wildman–Crippen LogP) is 2.12. The first-order valence-electron chi connectivity index (χ1n) is 6.46. The lowest BCUT2D eigenvalue weighted by Crippen LogP contribution is -2.32. The number of aliphatic hydroxyl groups excluding tert-OH is 1. The van der Waals surface area contributed by atoms with Crippen molar-refractivity contribution in [2.75, 3.05) is 27.4 Å². The summed E-state index contributed by atoms with van der Waals surface area (Å²) in [6.07, 6.45) is 0. The molecule has 0 fully saturated rings. The molecule has 0 unspecified atom stereocenters. The molecule has 0 aromatic heterocycles. The summed E-state index contributed by atoms with van der Waals surface area (Å²) < 4.78 is 10.6. The number of benzene rings is 1. The Hall–Kier alpha value is -1.26. The lowest BCUT2D eigenvalue weighted by molar-refractivity contribution is 0.156. The van der Waals surface area contributed by atoms with Crippen molar-refractivity contribution in [2.24, 2.45) is 5.41 Å². The van der Waals surface area contributed by atoms with E-state index in [0.717, 1.165) is 30.2 Å². The van der Waals surface area contributed by atoms with Gasteiger partial charge in [0.2, 0.25) is 0 Å². The van der Waals surface area contributed by atoms with E-state index in [0.29, 0.717) is 0 Å². The molecule has 0 amide bonds. The van der Waals surface area contributed by atoms with E-state index >= 15 is 0 Å². The average molecular weight is 267 g/mol. The van der Waals surface area contributed by atoms with Gasteiger partial charge in [0.15, 0.2) is 11.5 Å². The molecule has 0 aliphatic carbocycles. The molecule has 1 rings (SSSR count). The van der Waals surface area contributed by atoms with E-state index in [1.165, 1.54) is 5.56 Å². The third kappa shape index (κ3) is 4.40. The van der Waals surface area contributed by atoms with Crippen LogP contribution in [0.1, 0.15) is 25.0 Å². The minimum atomic E-state index is -0.107. The molecular formula is C15H25NO3. The zero-order valence-corrected chi connectivity index (χ0v) is 12.5. The third-order valence-corrected chi connectivity index (χ3v) is 3.19. The van der Waals surface area contributed by atoms with Gasteiger partial charge in [0, 0.05) is 25.1 Å². The molecule has 108 valence electrons. The van der Waals surface area contributed by atoms with Crippen LogP contribution in [0.4, 0.5) is 0 Å². The Labute approximate surface area is 115 Å². The van der Waals surface area contributed by atoms with Gasteiger partial charge in [-0.25, -0.2) is 0 Å². The third-order valence-electron chi connectivity index (χ3n) is 3.19. The van der Waals surface area contributed by atoms with Crippen LogP contribution < -0.4 is 14.8 Å². The van der Waals surface area contributed by atoms with Crippen molar-refractivity contribution in [3.05, 3.63) is 23.3 Å². The van der Waals surface area contributed by atoms with Gasteiger partial charge < -0.3 is 19.9 Å². The second-order valence-corrected chi connectivity index (χ2v) is 5.56. The lowest BCUT2D eigenvalue weighted by atomic mass is 9.95. The highest BCUT2D eigenvalue weighted by molar-refractivity contribution is 5.46. The maximum atomic E-state index is 9.22. The maximum absolute atomic E-state index is 9.22. The molecule has 1 aromatic rings. The molecule has 0 saturated carbocycles. The van der Waals surface area contributed by atoms with Crippen LogP contribution in [0.3, 0.4) is 0 Å². The standard InChI is InChI=1S/C15H25NO3/c1-11-6-13(18-4)14(19-5)7-12(11)8-16-9-15(2,3)10-17/h6-7,16-17H,8-10H2,1-5H3. The first kappa shape index (κ1) is 15.8. The molecule has 0 radical (unpaired) electrons. The number of aryl methyl sites for hydroxylation is 1. The summed E-state index contributed by atoms with van der Waals surface area (Å²) in [5.74, 6) is 1.49. The fourth-order valence-electron chi connectivity index (χ4n) is 1.80. The smallest absolute Gasteiger partial charge is 0.161 e. The number of hydrogen-bond acceptors (Lipinski definition) is 4. The van der Waals surface area contributed by atoms with Crippen LogP contribution in [0.25, 0.3) is 0 Å². The SMILES string of the molecule is COc1cc(C)c(CNCC(C)(C)CO)cc1OC. The van der Waals surface area contributed by atoms with Gasteiger partial charge in [0.1, 0.15) is 0 Å². The van der Waals surface area contributed by atoms with Crippen molar-refractivity contribution < 1.29 is 14.6 Å². The molecule has 19 heavy (non-hydrogen) atoms. The van der Waals surface area contributed by atoms with E-state index in [1.54, 1.807) is 14.2 Å². The minimum Gasteiger partial charge on any atom is -0.493 e. The summed E-state index contributed by atoms with van der Waals surface area (Å²) >= 11 is 0. The van der Waals surface area contributed by atoms with Gasteiger partial charge in [-0.2, -0.15) is 0 Å². The second-order valence-electron chi connectivity index (χ2n) is 5.56. The summed E-state index contributed by atoms with van der Waals surface area (Å²) in [5.41, 5.74) is 2.23. The number of rotatable bonds is 7. The number of ether oxygens (including phenoxy) is 2. The highest BCUT2D eigenvalue weighted by atomic mass is 16.5. The van der Waals surface area contributed by atoms with E-state index in [2.05, 4.69) is 12.2 Å². The van der Waals surface area contributed by atoms with Gasteiger partial charge in [0.25, 0.3) is 0 Å². The molecule has 0 aliphatic rings. The highest BCUT2D eigenvalue weighted by Gasteiger charge is 2.16. The van der Waals surface area contributed by atoms with Crippen molar-refractivity contribution in [1.82, 2.24) is 5.32 Å². The molecular weight excluding hydrogens is 242 g/mol. The molecule has 1 aromatic carbocycles. The maximum Gasteiger partial charge on any atom is 0.161 e. The van der Waals surface area contributed by atoms with Crippen molar-refractivity contribution in [3.63, 3.8) is 0 Å². The van der Waals surface area contributed by atoms with E-state index < -0.39 is 0 Å². The number of methoxy groups -OCH3 is 2. The summed E-state index contributed by atoms with van der Waals surface area (Å²) in [7, 11) is 3.28. The molecule has 2 N–H and O–H groups in total. The fraction of sp³-hybridized carbons (Fsp3) is 0.600. The van der Waals surface area contributed by atoms with Gasteiger partial charge in [-0.3, -0.25) is 0 Å². The van der Waals surface area contributed by atoms with Crippen LogP contribution >= 0.6 is 0 Å². The monoisotopic (exact) mass is 267 g/mol. The Kier molecular flexibility index (Phi) is 5.63. The number of aliphatic hydroxyl groups is 1. The molecule has 0 saturated heterocycles. The Morgan fingerprint density at radius 2 is 1.74 bits per heavy atom. The fourth-order valence-corrected chi connectivity index (χ4v) is 1.80. The molecule has 4 heteroatoms. The van der Waals surface area contributed by atoms with Crippen LogP contribution in [-0.4, -0.2) is 32.5 Å². The highest BCUT2D eigenvalue weighted by Crippen LogP contribution is 2.30. The second kappa shape index (κ2) is 6.78. The summed E-state index contributed by atoms with van der Waals surface area (Å²) in [6, 6.07) is 3.97. The first-order valence-corrected chi connectivity index (χ1v) is 6.46. The normalized spacial score (nSPS) is 11.5. The average Bonchev–Trinajstić information content (AvgIpc) is 2.40. The Balaban J connectivity index is 2.73. The van der Waals surface area contributed by atoms with E-state index in [4.69, 9.17) is 9.47 Å². The van der Waals surface area contributed by atoms with Crippen molar-refractivity contribution in [3.8, 4) is 11.5 Å². The lowest BCUT2D eigenvalue weighted by Gasteiger charge is -2.22. The van der Waals surface area contributed by atoms with E-state index in [-0.39, 0.29) is 12.0 Å². The van der Waals surface area contributed by atoms with Gasteiger partial charge in [-0.15, -0.1) is 0 Å². The van der Waals surface area contributed by atoms with Crippen LogP contribution in [0, 0.1) is 12.3 Å².